The van der Waals surface area contributed by atoms with Gasteiger partial charge in [-0.3, -0.25) is 9.78 Å². The van der Waals surface area contributed by atoms with E-state index in [1.54, 1.807) is 7.11 Å². The molecule has 1 aromatic carbocycles. The van der Waals surface area contributed by atoms with Crippen LogP contribution in [0.15, 0.2) is 24.3 Å². The van der Waals surface area contributed by atoms with Gasteiger partial charge >= 0.3 is 0 Å². The summed E-state index contributed by atoms with van der Waals surface area (Å²) in [4.78, 5) is 19.5. The van der Waals surface area contributed by atoms with Gasteiger partial charge in [0.05, 0.1) is 23.9 Å². The topological polar surface area (TPSA) is 54.5 Å². The van der Waals surface area contributed by atoms with E-state index in [0.29, 0.717) is 11.5 Å². The van der Waals surface area contributed by atoms with Gasteiger partial charge < -0.3 is 15.0 Å². The van der Waals surface area contributed by atoms with Crippen molar-refractivity contribution in [2.75, 3.05) is 33.8 Å². The highest BCUT2D eigenvalue weighted by Gasteiger charge is 2.24. The van der Waals surface area contributed by atoms with Crippen LogP contribution in [0.25, 0.3) is 10.9 Å². The van der Waals surface area contributed by atoms with E-state index >= 15 is 0 Å². The van der Waals surface area contributed by atoms with Gasteiger partial charge in [0, 0.05) is 24.5 Å². The van der Waals surface area contributed by atoms with Crippen LogP contribution in [0, 0.1) is 12.8 Å². The zero-order valence-electron chi connectivity index (χ0n) is 14.6. The zero-order chi connectivity index (χ0) is 17.1. The Morgan fingerprint density at radius 1 is 1.33 bits per heavy atom. The Labute approximate surface area is 143 Å². The fourth-order valence-corrected chi connectivity index (χ4v) is 3.39. The van der Waals surface area contributed by atoms with E-state index in [9.17, 15) is 4.79 Å². The number of benzene rings is 1. The third kappa shape index (κ3) is 3.36. The Balaban J connectivity index is 1.81. The number of nitrogens with zero attached hydrogens (tertiary/aromatic N) is 2. The summed E-state index contributed by atoms with van der Waals surface area (Å²) in [5, 5.41) is 4.20. The first kappa shape index (κ1) is 16.7. The number of piperidine rings is 1. The average molecular weight is 327 g/mol. The Morgan fingerprint density at radius 3 is 2.75 bits per heavy atom. The summed E-state index contributed by atoms with van der Waals surface area (Å²) in [7, 11) is 3.63. The molecule has 2 aromatic rings. The van der Waals surface area contributed by atoms with E-state index < -0.39 is 0 Å². The molecular weight excluding hydrogens is 302 g/mol. The second-order valence-corrected chi connectivity index (χ2v) is 6.47. The van der Waals surface area contributed by atoms with E-state index in [1.165, 1.54) is 0 Å². The molecular formula is C19H25N3O2. The lowest BCUT2D eigenvalue weighted by atomic mass is 9.96. The highest BCUT2D eigenvalue weighted by Crippen LogP contribution is 2.24. The Hall–Kier alpha value is -2.14. The average Bonchev–Trinajstić information content (AvgIpc) is 2.61. The lowest BCUT2D eigenvalue weighted by Gasteiger charge is -2.32. The molecule has 128 valence electrons. The van der Waals surface area contributed by atoms with Crippen molar-refractivity contribution in [3.8, 4) is 5.75 Å². The molecule has 0 spiro atoms. The molecule has 1 N–H and O–H groups in total. The highest BCUT2D eigenvalue weighted by atomic mass is 16.5. The fourth-order valence-electron chi connectivity index (χ4n) is 3.39. The number of likely N-dealkylation sites (tertiary alicyclic amines) is 1. The van der Waals surface area contributed by atoms with Crippen molar-refractivity contribution >= 4 is 16.8 Å². The van der Waals surface area contributed by atoms with Crippen LogP contribution < -0.4 is 10.1 Å². The number of fused-ring (bicyclic) bond motifs is 1. The van der Waals surface area contributed by atoms with Gasteiger partial charge in [-0.2, -0.15) is 0 Å². The summed E-state index contributed by atoms with van der Waals surface area (Å²) in [6.45, 7) is 4.58. The summed E-state index contributed by atoms with van der Waals surface area (Å²) in [6.07, 6.45) is 2.12. The quantitative estimate of drug-likeness (QED) is 0.938. The lowest BCUT2D eigenvalue weighted by molar-refractivity contribution is 0.0690. The van der Waals surface area contributed by atoms with Gasteiger partial charge in [0.1, 0.15) is 5.75 Å². The van der Waals surface area contributed by atoms with Crippen molar-refractivity contribution < 1.29 is 9.53 Å². The predicted octanol–water partition coefficient (Wildman–Crippen LogP) is 2.62. The number of hydrogen-bond donors (Lipinski definition) is 1. The van der Waals surface area contributed by atoms with E-state index in [4.69, 9.17) is 4.74 Å². The van der Waals surface area contributed by atoms with E-state index in [2.05, 4.69) is 10.3 Å². The maximum atomic E-state index is 12.9. The molecule has 1 saturated heterocycles. The Bertz CT molecular complexity index is 737. The molecule has 1 aliphatic rings. The number of pyridine rings is 1. The molecule has 1 amide bonds. The van der Waals surface area contributed by atoms with Gasteiger partial charge in [0.25, 0.3) is 5.91 Å². The van der Waals surface area contributed by atoms with Gasteiger partial charge in [0.15, 0.2) is 0 Å². The Morgan fingerprint density at radius 2 is 2.08 bits per heavy atom. The summed E-state index contributed by atoms with van der Waals surface area (Å²) in [5.41, 5.74) is 2.34. The third-order valence-corrected chi connectivity index (χ3v) is 4.84. The molecule has 1 fully saturated rings. The number of aromatic nitrogens is 1. The van der Waals surface area contributed by atoms with Crippen molar-refractivity contribution in [3.05, 3.63) is 35.5 Å². The molecule has 5 nitrogen and oxygen atoms in total. The number of rotatable bonds is 4. The van der Waals surface area contributed by atoms with Crippen LogP contribution in [-0.4, -0.2) is 49.6 Å². The molecule has 2 heterocycles. The van der Waals surface area contributed by atoms with Crippen LogP contribution in [0.4, 0.5) is 0 Å². The monoisotopic (exact) mass is 327 g/mol. The second kappa shape index (κ2) is 7.18. The van der Waals surface area contributed by atoms with Crippen molar-refractivity contribution in [1.82, 2.24) is 15.2 Å². The summed E-state index contributed by atoms with van der Waals surface area (Å²) in [5.74, 6) is 1.54. The molecule has 5 heteroatoms. The number of carbonyl (C=O) groups is 1. The van der Waals surface area contributed by atoms with Crippen molar-refractivity contribution in [2.24, 2.45) is 5.92 Å². The first-order chi connectivity index (χ1) is 11.6. The van der Waals surface area contributed by atoms with Crippen LogP contribution in [-0.2, 0) is 0 Å². The number of carbonyl (C=O) groups excluding carboxylic acids is 1. The summed E-state index contributed by atoms with van der Waals surface area (Å²) >= 11 is 0. The van der Waals surface area contributed by atoms with Crippen LogP contribution in [0.3, 0.4) is 0 Å². The third-order valence-electron chi connectivity index (χ3n) is 4.84. The SMILES string of the molecule is CNCC1CCN(C(=O)c2cc3ccc(OC)cc3nc2C)CC1. The number of methoxy groups -OCH3 is 1. The number of ether oxygens (including phenoxy) is 1. The normalized spacial score (nSPS) is 15.7. The predicted molar refractivity (Wildman–Crippen MR) is 95.6 cm³/mol. The highest BCUT2D eigenvalue weighted by molar-refractivity contribution is 5.98. The van der Waals surface area contributed by atoms with Gasteiger partial charge in [-0.15, -0.1) is 0 Å². The molecule has 24 heavy (non-hydrogen) atoms. The number of amides is 1. The molecule has 0 aliphatic carbocycles. The van der Waals surface area contributed by atoms with E-state index in [1.807, 2.05) is 43.1 Å². The first-order valence-electron chi connectivity index (χ1n) is 8.51. The van der Waals surface area contributed by atoms with Gasteiger partial charge in [0.2, 0.25) is 0 Å². The molecule has 3 rings (SSSR count). The Kier molecular flexibility index (Phi) is 5.00. The van der Waals surface area contributed by atoms with Gasteiger partial charge in [-0.05, 0) is 57.5 Å². The minimum atomic E-state index is 0.0978. The van der Waals surface area contributed by atoms with Crippen LogP contribution in [0.5, 0.6) is 5.75 Å². The van der Waals surface area contributed by atoms with Crippen LogP contribution >= 0.6 is 0 Å². The minimum Gasteiger partial charge on any atom is -0.497 e. The largest absolute Gasteiger partial charge is 0.497 e. The number of nitrogens with one attached hydrogen (secondary N) is 1. The first-order valence-corrected chi connectivity index (χ1v) is 8.51. The van der Waals surface area contributed by atoms with E-state index in [0.717, 1.165) is 54.8 Å². The maximum absolute atomic E-state index is 12.9. The maximum Gasteiger partial charge on any atom is 0.255 e. The molecule has 0 unspecified atom stereocenters. The van der Waals surface area contributed by atoms with Crippen LogP contribution in [0.2, 0.25) is 0 Å². The smallest absolute Gasteiger partial charge is 0.255 e. The summed E-state index contributed by atoms with van der Waals surface area (Å²) < 4.78 is 5.24. The number of hydrogen-bond acceptors (Lipinski definition) is 4. The van der Waals surface area contributed by atoms with Crippen LogP contribution in [0.1, 0.15) is 28.9 Å². The number of aryl methyl sites for hydroxylation is 1. The molecule has 0 atom stereocenters. The fraction of sp³-hybridized carbons (Fsp3) is 0.474. The zero-order valence-corrected chi connectivity index (χ0v) is 14.6. The van der Waals surface area contributed by atoms with Gasteiger partial charge in [-0.1, -0.05) is 0 Å². The second-order valence-electron chi connectivity index (χ2n) is 6.47. The minimum absolute atomic E-state index is 0.0978. The molecule has 0 radical (unpaired) electrons. The standard InChI is InChI=1S/C19H25N3O2/c1-13-17(10-15-4-5-16(24-3)11-18(15)21-13)19(23)22-8-6-14(7-9-22)12-20-2/h4-5,10-11,14,20H,6-9,12H2,1-3H3. The van der Waals surface area contributed by atoms with Gasteiger partial charge in [-0.25, -0.2) is 0 Å². The molecule has 0 saturated carbocycles. The van der Waals surface area contributed by atoms with Crippen molar-refractivity contribution in [3.63, 3.8) is 0 Å². The molecule has 1 aliphatic heterocycles. The van der Waals surface area contributed by atoms with Crippen molar-refractivity contribution in [2.45, 2.75) is 19.8 Å². The van der Waals surface area contributed by atoms with Crippen molar-refractivity contribution in [1.29, 1.82) is 0 Å². The molecule has 0 bridgehead atoms. The lowest BCUT2D eigenvalue weighted by Crippen LogP contribution is -2.40. The van der Waals surface area contributed by atoms with E-state index in [-0.39, 0.29) is 5.91 Å². The molecule has 1 aromatic heterocycles. The summed E-state index contributed by atoms with van der Waals surface area (Å²) in [6, 6.07) is 7.71.